The van der Waals surface area contributed by atoms with Crippen LogP contribution in [0.2, 0.25) is 0 Å². The van der Waals surface area contributed by atoms with E-state index in [0.717, 1.165) is 32.1 Å². The van der Waals surface area contributed by atoms with Crippen molar-refractivity contribution in [2.75, 3.05) is 6.61 Å². The molecule has 0 aliphatic rings. The molecule has 0 spiro atoms. The van der Waals surface area contributed by atoms with E-state index in [4.69, 9.17) is 0 Å². The van der Waals surface area contributed by atoms with Gasteiger partial charge in [0.15, 0.2) is 0 Å². The summed E-state index contributed by atoms with van der Waals surface area (Å²) in [7, 11) is 0. The lowest BCUT2D eigenvalue weighted by atomic mass is 10.0. The average molecular weight is 682 g/mol. The van der Waals surface area contributed by atoms with E-state index >= 15 is 0 Å². The number of carbonyl (C=O) groups excluding carboxylic acids is 1. The van der Waals surface area contributed by atoms with Crippen LogP contribution >= 0.6 is 0 Å². The second-order valence-electron chi connectivity index (χ2n) is 14.7. The van der Waals surface area contributed by atoms with Crippen molar-refractivity contribution < 1.29 is 25.2 Å². The Morgan fingerprint density at radius 1 is 0.479 bits per heavy atom. The van der Waals surface area contributed by atoms with Crippen molar-refractivity contribution in [3.8, 4) is 0 Å². The molecule has 0 rings (SSSR count). The van der Waals surface area contributed by atoms with Crippen molar-refractivity contribution in [1.82, 2.24) is 5.32 Å². The Labute approximate surface area is 298 Å². The number of carbonyl (C=O) groups is 1. The van der Waals surface area contributed by atoms with E-state index in [-0.39, 0.29) is 0 Å². The van der Waals surface area contributed by atoms with Gasteiger partial charge in [-0.1, -0.05) is 219 Å². The molecule has 0 saturated heterocycles. The van der Waals surface area contributed by atoms with Gasteiger partial charge in [0, 0.05) is 0 Å². The number of aliphatic hydroxyl groups excluding tert-OH is 4. The van der Waals surface area contributed by atoms with Crippen LogP contribution in [0, 0.1) is 0 Å². The minimum atomic E-state index is -1.15. The maximum atomic E-state index is 12.4. The van der Waals surface area contributed by atoms with E-state index in [0.29, 0.717) is 12.8 Å². The van der Waals surface area contributed by atoms with Crippen molar-refractivity contribution in [1.29, 1.82) is 0 Å². The topological polar surface area (TPSA) is 110 Å². The fraction of sp³-hybridized carbons (Fsp3) is 0.929. The normalized spacial score (nSPS) is 14.4. The third kappa shape index (κ3) is 32.3. The highest BCUT2D eigenvalue weighted by Gasteiger charge is 2.22. The largest absolute Gasteiger partial charge is 0.394 e. The molecule has 4 atom stereocenters. The molecule has 1 amide bonds. The number of amides is 1. The maximum Gasteiger partial charge on any atom is 0.249 e. The molecular weight excluding hydrogens is 598 g/mol. The van der Waals surface area contributed by atoms with Crippen LogP contribution < -0.4 is 5.32 Å². The van der Waals surface area contributed by atoms with Gasteiger partial charge in [0.1, 0.15) is 6.10 Å². The third-order valence-electron chi connectivity index (χ3n) is 9.95. The lowest BCUT2D eigenvalue weighted by Crippen LogP contribution is -2.48. The first-order valence-corrected chi connectivity index (χ1v) is 21.1. The highest BCUT2D eigenvalue weighted by Crippen LogP contribution is 2.16. The van der Waals surface area contributed by atoms with Gasteiger partial charge in [-0.2, -0.15) is 0 Å². The fourth-order valence-electron chi connectivity index (χ4n) is 6.56. The zero-order chi connectivity index (χ0) is 35.3. The van der Waals surface area contributed by atoms with Gasteiger partial charge in [0.05, 0.1) is 24.9 Å². The van der Waals surface area contributed by atoms with Crippen LogP contribution in [0.4, 0.5) is 0 Å². The van der Waals surface area contributed by atoms with E-state index in [1.165, 1.54) is 167 Å². The minimum absolute atomic E-state index is 0.381. The Bertz CT molecular complexity index is 687. The molecule has 0 aromatic carbocycles. The van der Waals surface area contributed by atoms with Gasteiger partial charge in [-0.05, 0) is 12.8 Å². The SMILES string of the molecule is CCCCCCCCCCCCCCCCCCCCCC[C@H](O)C(=O)N[C@@H](CO)[C@H](O)/C=C/[C@H](O)CCCCCCCCCCCC. The summed E-state index contributed by atoms with van der Waals surface area (Å²) < 4.78 is 0. The molecule has 48 heavy (non-hydrogen) atoms. The number of unbranched alkanes of at least 4 members (excludes halogenated alkanes) is 28. The first kappa shape index (κ1) is 47.0. The first-order chi connectivity index (χ1) is 23.5. The standard InChI is InChI=1S/C42H83NO5/c1-3-5-7-9-11-13-15-16-17-18-19-20-21-22-23-24-26-28-30-32-34-41(47)42(48)43-39(37-44)40(46)36-35-38(45)33-31-29-27-25-14-12-10-8-6-4-2/h35-36,38-41,44-47H,3-34,37H2,1-2H3,(H,43,48)/b36-35+/t38-,39+,40-,41+/m1/s1. The monoisotopic (exact) mass is 682 g/mol. The van der Waals surface area contributed by atoms with Crippen molar-refractivity contribution in [3.63, 3.8) is 0 Å². The van der Waals surface area contributed by atoms with Crippen LogP contribution in [0.3, 0.4) is 0 Å². The molecule has 5 N–H and O–H groups in total. The Balaban J connectivity index is 3.73. The van der Waals surface area contributed by atoms with E-state index in [1.54, 1.807) is 6.08 Å². The van der Waals surface area contributed by atoms with Gasteiger partial charge >= 0.3 is 0 Å². The lowest BCUT2D eigenvalue weighted by molar-refractivity contribution is -0.131. The number of rotatable bonds is 38. The molecule has 0 radical (unpaired) electrons. The molecule has 0 aliphatic carbocycles. The van der Waals surface area contributed by atoms with Gasteiger partial charge < -0.3 is 25.7 Å². The summed E-state index contributed by atoms with van der Waals surface area (Å²) in [5, 5.41) is 43.2. The van der Waals surface area contributed by atoms with E-state index in [2.05, 4.69) is 19.2 Å². The van der Waals surface area contributed by atoms with Crippen LogP contribution in [0.1, 0.15) is 219 Å². The Kier molecular flexibility index (Phi) is 36.6. The molecular formula is C42H83NO5. The van der Waals surface area contributed by atoms with Crippen molar-refractivity contribution in [2.24, 2.45) is 0 Å². The first-order valence-electron chi connectivity index (χ1n) is 21.1. The summed E-state index contributed by atoms with van der Waals surface area (Å²) in [4.78, 5) is 12.4. The van der Waals surface area contributed by atoms with Crippen molar-refractivity contribution in [2.45, 2.75) is 244 Å². The molecule has 0 heterocycles. The molecule has 286 valence electrons. The summed E-state index contributed by atoms with van der Waals surface area (Å²) >= 11 is 0. The summed E-state index contributed by atoms with van der Waals surface area (Å²) in [6.45, 7) is 4.07. The summed E-state index contributed by atoms with van der Waals surface area (Å²) in [5.74, 6) is -0.565. The highest BCUT2D eigenvalue weighted by molar-refractivity contribution is 5.80. The minimum Gasteiger partial charge on any atom is -0.394 e. The van der Waals surface area contributed by atoms with Gasteiger partial charge in [-0.25, -0.2) is 0 Å². The molecule has 0 unspecified atom stereocenters. The molecule has 0 fully saturated rings. The third-order valence-corrected chi connectivity index (χ3v) is 9.95. The summed E-state index contributed by atoms with van der Waals surface area (Å²) in [5.41, 5.74) is 0. The Morgan fingerprint density at radius 2 is 0.792 bits per heavy atom. The molecule has 0 bridgehead atoms. The van der Waals surface area contributed by atoms with Crippen molar-refractivity contribution in [3.05, 3.63) is 12.2 Å². The van der Waals surface area contributed by atoms with Crippen molar-refractivity contribution >= 4 is 5.91 Å². The summed E-state index contributed by atoms with van der Waals surface area (Å²) in [6, 6.07) is -0.914. The van der Waals surface area contributed by atoms with E-state index < -0.39 is 36.9 Å². The molecule has 0 aliphatic heterocycles. The maximum absolute atomic E-state index is 12.4. The number of nitrogens with one attached hydrogen (secondary N) is 1. The van der Waals surface area contributed by atoms with Gasteiger partial charge in [0.2, 0.25) is 5.91 Å². The molecule has 6 heteroatoms. The van der Waals surface area contributed by atoms with Gasteiger partial charge in [0.25, 0.3) is 0 Å². The lowest BCUT2D eigenvalue weighted by Gasteiger charge is -2.22. The van der Waals surface area contributed by atoms with Crippen LogP contribution in [-0.2, 0) is 4.79 Å². The smallest absolute Gasteiger partial charge is 0.249 e. The van der Waals surface area contributed by atoms with E-state index in [9.17, 15) is 25.2 Å². The molecule has 6 nitrogen and oxygen atoms in total. The predicted octanol–water partition coefficient (Wildman–Crippen LogP) is 10.6. The Morgan fingerprint density at radius 3 is 1.12 bits per heavy atom. The van der Waals surface area contributed by atoms with Crippen LogP contribution in [-0.4, -0.2) is 57.3 Å². The van der Waals surface area contributed by atoms with Crippen LogP contribution in [0.15, 0.2) is 12.2 Å². The predicted molar refractivity (Wildman–Crippen MR) is 205 cm³/mol. The van der Waals surface area contributed by atoms with Gasteiger partial charge in [-0.15, -0.1) is 0 Å². The number of aliphatic hydroxyl groups is 4. The molecule has 0 saturated carbocycles. The fourth-order valence-corrected chi connectivity index (χ4v) is 6.56. The number of hydrogen-bond donors (Lipinski definition) is 5. The van der Waals surface area contributed by atoms with Crippen LogP contribution in [0.25, 0.3) is 0 Å². The average Bonchev–Trinajstić information content (AvgIpc) is 3.09. The number of hydrogen-bond acceptors (Lipinski definition) is 5. The zero-order valence-corrected chi connectivity index (χ0v) is 32.0. The molecule has 0 aromatic heterocycles. The second kappa shape index (κ2) is 37.3. The van der Waals surface area contributed by atoms with E-state index in [1.807, 2.05) is 0 Å². The summed E-state index contributed by atoms with van der Waals surface area (Å²) in [6.07, 6.45) is 39.7. The van der Waals surface area contributed by atoms with Gasteiger partial charge in [-0.3, -0.25) is 4.79 Å². The Hall–Kier alpha value is -0.950. The molecule has 0 aromatic rings. The van der Waals surface area contributed by atoms with Crippen LogP contribution in [0.5, 0.6) is 0 Å². The quantitative estimate of drug-likeness (QED) is 0.0329. The highest BCUT2D eigenvalue weighted by atomic mass is 16.3. The zero-order valence-electron chi connectivity index (χ0n) is 32.0. The second-order valence-corrected chi connectivity index (χ2v) is 14.7.